The van der Waals surface area contributed by atoms with Gasteiger partial charge >= 0.3 is 61.4 Å². The Morgan fingerprint density at radius 2 is 1.40 bits per heavy atom. The summed E-state index contributed by atoms with van der Waals surface area (Å²) in [7, 11) is 0. The van der Waals surface area contributed by atoms with Crippen LogP contribution < -0.4 is 4.40 Å². The summed E-state index contributed by atoms with van der Waals surface area (Å²) < 4.78 is 26.6. The first-order valence-electron chi connectivity index (χ1n) is 2.83. The van der Waals surface area contributed by atoms with Crippen LogP contribution in [0.5, 0.6) is 0 Å². The third-order valence-corrected chi connectivity index (χ3v) is 3.49. The third kappa shape index (κ3) is 1.81. The monoisotopic (exact) mass is 202 g/mol. The summed E-state index contributed by atoms with van der Waals surface area (Å²) in [6, 6.07) is 8.05. The molecule has 0 saturated carbocycles. The first kappa shape index (κ1) is 7.75. The van der Waals surface area contributed by atoms with Gasteiger partial charge in [-0.3, -0.25) is 0 Å². The van der Waals surface area contributed by atoms with Crippen LogP contribution in [0.2, 0.25) is 0 Å². The molecule has 4 heteroatoms. The summed E-state index contributed by atoms with van der Waals surface area (Å²) in [6.07, 6.45) is 0. The maximum atomic E-state index is 8.79. The Morgan fingerprint density at radius 1 is 0.900 bits per heavy atom. The minimum atomic E-state index is -4.50. The van der Waals surface area contributed by atoms with Crippen molar-refractivity contribution in [3.05, 3.63) is 30.3 Å². The van der Waals surface area contributed by atoms with Gasteiger partial charge in [-0.05, 0) is 0 Å². The molecule has 0 bridgehead atoms. The van der Waals surface area contributed by atoms with E-state index in [0.717, 1.165) is 0 Å². The maximum absolute atomic E-state index is 8.79. The third-order valence-electron chi connectivity index (χ3n) is 1.16. The first-order valence-corrected chi connectivity index (χ1v) is 6.70. The predicted molar refractivity (Wildman–Crippen MR) is 38.5 cm³/mol. The van der Waals surface area contributed by atoms with Crippen LogP contribution in [0.1, 0.15) is 0 Å². The normalized spacial score (nSPS) is 11.5. The van der Waals surface area contributed by atoms with E-state index in [1.165, 1.54) is 12.1 Å². The van der Waals surface area contributed by atoms with E-state index in [-0.39, 0.29) is 4.40 Å². The molecule has 0 aliphatic carbocycles. The number of rotatable bonds is 1. The fourth-order valence-corrected chi connectivity index (χ4v) is 2.00. The van der Waals surface area contributed by atoms with Crippen molar-refractivity contribution < 1.29 is 12.4 Å². The van der Waals surface area contributed by atoms with Crippen molar-refractivity contribution in [2.75, 3.05) is 0 Å². The standard InChI is InChI=1S/C6H8GeO3/c8-7(9,10)6-4-2-1-3-5-6/h1-5,8-10H. The van der Waals surface area contributed by atoms with Gasteiger partial charge in [-0.15, -0.1) is 0 Å². The van der Waals surface area contributed by atoms with Gasteiger partial charge in [0, 0.05) is 0 Å². The molecule has 1 rings (SSSR count). The summed E-state index contributed by atoms with van der Waals surface area (Å²) in [4.78, 5) is 0. The van der Waals surface area contributed by atoms with Gasteiger partial charge in [0.2, 0.25) is 0 Å². The van der Waals surface area contributed by atoms with Gasteiger partial charge in [-0.25, -0.2) is 0 Å². The van der Waals surface area contributed by atoms with Crippen LogP contribution in [-0.4, -0.2) is 26.7 Å². The molecule has 0 spiro atoms. The molecule has 0 radical (unpaired) electrons. The van der Waals surface area contributed by atoms with Gasteiger partial charge in [0.05, 0.1) is 0 Å². The molecule has 3 nitrogen and oxygen atoms in total. The van der Waals surface area contributed by atoms with Crippen molar-refractivity contribution in [2.45, 2.75) is 0 Å². The Balaban J connectivity index is 2.97. The number of hydrogen-bond acceptors (Lipinski definition) is 3. The van der Waals surface area contributed by atoms with Crippen molar-refractivity contribution in [1.82, 2.24) is 0 Å². The quantitative estimate of drug-likeness (QED) is 0.500. The van der Waals surface area contributed by atoms with Gasteiger partial charge in [0.25, 0.3) is 0 Å². The second-order valence-corrected chi connectivity index (χ2v) is 5.88. The molecule has 0 saturated heterocycles. The van der Waals surface area contributed by atoms with Gasteiger partial charge in [0.1, 0.15) is 0 Å². The Morgan fingerprint density at radius 3 is 1.70 bits per heavy atom. The van der Waals surface area contributed by atoms with E-state index in [9.17, 15) is 0 Å². The topological polar surface area (TPSA) is 60.7 Å². The van der Waals surface area contributed by atoms with Crippen molar-refractivity contribution in [1.29, 1.82) is 0 Å². The molecule has 1 aromatic carbocycles. The number of hydrogen-bond donors (Lipinski definition) is 3. The molecule has 0 unspecified atom stereocenters. The van der Waals surface area contributed by atoms with Crippen molar-refractivity contribution in [3.8, 4) is 0 Å². The van der Waals surface area contributed by atoms with Crippen LogP contribution in [0.15, 0.2) is 30.3 Å². The van der Waals surface area contributed by atoms with Crippen LogP contribution in [-0.2, 0) is 0 Å². The summed E-state index contributed by atoms with van der Waals surface area (Å²) in [5.74, 6) is 0. The molecule has 10 heavy (non-hydrogen) atoms. The molecule has 3 N–H and O–H groups in total. The summed E-state index contributed by atoms with van der Waals surface area (Å²) >= 11 is -4.50. The second-order valence-electron chi connectivity index (χ2n) is 2.00. The van der Waals surface area contributed by atoms with E-state index in [1.54, 1.807) is 18.2 Å². The summed E-state index contributed by atoms with van der Waals surface area (Å²) in [5, 5.41) is 0. The first-order chi connectivity index (χ1) is 4.61. The van der Waals surface area contributed by atoms with E-state index in [1.807, 2.05) is 0 Å². The van der Waals surface area contributed by atoms with E-state index in [4.69, 9.17) is 12.4 Å². The predicted octanol–water partition coefficient (Wildman–Crippen LogP) is -1.19. The molecule has 0 fully saturated rings. The van der Waals surface area contributed by atoms with E-state index in [2.05, 4.69) is 0 Å². The van der Waals surface area contributed by atoms with Gasteiger partial charge in [0.15, 0.2) is 0 Å². The zero-order valence-electron chi connectivity index (χ0n) is 5.23. The second kappa shape index (κ2) is 2.71. The van der Waals surface area contributed by atoms with Crippen LogP contribution >= 0.6 is 0 Å². The number of benzene rings is 1. The fourth-order valence-electron chi connectivity index (χ4n) is 0.662. The van der Waals surface area contributed by atoms with E-state index in [0.29, 0.717) is 0 Å². The SMILES string of the molecule is [OH][Ge]([OH])([OH])[c]1ccccc1. The van der Waals surface area contributed by atoms with Gasteiger partial charge < -0.3 is 0 Å². The van der Waals surface area contributed by atoms with Crippen LogP contribution in [0.3, 0.4) is 0 Å². The zero-order chi connectivity index (χ0) is 7.61. The van der Waals surface area contributed by atoms with E-state index >= 15 is 0 Å². The van der Waals surface area contributed by atoms with Gasteiger partial charge in [-0.1, -0.05) is 0 Å². The molecular formula is C6H8GeO3. The Labute approximate surface area is 62.0 Å². The van der Waals surface area contributed by atoms with Crippen LogP contribution in [0, 0.1) is 0 Å². The fraction of sp³-hybridized carbons (Fsp3) is 0. The molecule has 0 amide bonds. The van der Waals surface area contributed by atoms with Crippen LogP contribution in [0.25, 0.3) is 0 Å². The Hall–Kier alpha value is -0.357. The molecule has 0 heterocycles. The summed E-state index contributed by atoms with van der Waals surface area (Å²) in [5.41, 5.74) is 0. The molecule has 0 aromatic heterocycles. The van der Waals surface area contributed by atoms with Gasteiger partial charge in [-0.2, -0.15) is 0 Å². The average Bonchev–Trinajstić information content (AvgIpc) is 1.88. The van der Waals surface area contributed by atoms with Crippen molar-refractivity contribution in [2.24, 2.45) is 0 Å². The Kier molecular flexibility index (Phi) is 2.10. The summed E-state index contributed by atoms with van der Waals surface area (Å²) in [6.45, 7) is 0. The molecule has 0 aliphatic rings. The molecular weight excluding hydrogens is 193 g/mol. The molecule has 0 aliphatic heterocycles. The van der Waals surface area contributed by atoms with Crippen molar-refractivity contribution in [3.63, 3.8) is 0 Å². The van der Waals surface area contributed by atoms with E-state index < -0.39 is 14.3 Å². The van der Waals surface area contributed by atoms with Crippen LogP contribution in [0.4, 0.5) is 0 Å². The average molecular weight is 201 g/mol. The zero-order valence-corrected chi connectivity index (χ0v) is 7.33. The van der Waals surface area contributed by atoms with Crippen molar-refractivity contribution >= 4 is 18.7 Å². The molecule has 1 aromatic rings. The Bertz CT molecular complexity index is 204. The molecule has 0 atom stereocenters. The minimum absolute atomic E-state index is 0.252. The molecule has 54 valence electrons.